The van der Waals surface area contributed by atoms with Gasteiger partial charge in [-0.15, -0.1) is 0 Å². The van der Waals surface area contributed by atoms with Crippen LogP contribution in [0, 0.1) is 0 Å². The fourth-order valence-electron chi connectivity index (χ4n) is 3.06. The van der Waals surface area contributed by atoms with E-state index < -0.39 is 0 Å². The van der Waals surface area contributed by atoms with E-state index in [9.17, 15) is 0 Å². The third-order valence-corrected chi connectivity index (χ3v) is 5.46. The number of hydrogen-bond donors (Lipinski definition) is 1. The summed E-state index contributed by atoms with van der Waals surface area (Å²) in [5.74, 6) is 2.25. The van der Waals surface area contributed by atoms with Crippen LogP contribution in [0.3, 0.4) is 0 Å². The quantitative estimate of drug-likeness (QED) is 0.352. The Bertz CT molecular complexity index is 963. The van der Waals surface area contributed by atoms with E-state index in [1.54, 1.807) is 14.2 Å². The zero-order valence-electron chi connectivity index (χ0n) is 17.1. The van der Waals surface area contributed by atoms with Gasteiger partial charge in [-0.2, -0.15) is 0 Å². The summed E-state index contributed by atoms with van der Waals surface area (Å²) in [5, 5.41) is 4.17. The first-order chi connectivity index (χ1) is 14.6. The SMILES string of the molecule is COc1ccc(CCNCc2cc(Br)c(OCc3cccc(Cl)c3)c(OC)c2)cc1. The van der Waals surface area contributed by atoms with Crippen molar-refractivity contribution in [2.24, 2.45) is 0 Å². The first-order valence-electron chi connectivity index (χ1n) is 9.66. The minimum absolute atomic E-state index is 0.412. The Hall–Kier alpha value is -2.21. The normalized spacial score (nSPS) is 10.7. The molecule has 0 radical (unpaired) electrons. The van der Waals surface area contributed by atoms with Crippen LogP contribution in [0.15, 0.2) is 65.1 Å². The Morgan fingerprint density at radius 1 is 0.900 bits per heavy atom. The molecular formula is C24H25BrClNO3. The molecule has 0 amide bonds. The molecule has 4 nitrogen and oxygen atoms in total. The molecular weight excluding hydrogens is 466 g/mol. The second-order valence-corrected chi connectivity index (χ2v) is 8.09. The van der Waals surface area contributed by atoms with Crippen molar-refractivity contribution in [2.75, 3.05) is 20.8 Å². The summed E-state index contributed by atoms with van der Waals surface area (Å²) in [5.41, 5.74) is 3.39. The summed E-state index contributed by atoms with van der Waals surface area (Å²) < 4.78 is 17.6. The van der Waals surface area contributed by atoms with Crippen LogP contribution in [-0.2, 0) is 19.6 Å². The van der Waals surface area contributed by atoms with E-state index in [0.29, 0.717) is 23.1 Å². The molecule has 0 heterocycles. The molecule has 0 saturated carbocycles. The molecule has 0 spiro atoms. The first kappa shape index (κ1) is 22.5. The molecule has 0 aromatic heterocycles. The second-order valence-electron chi connectivity index (χ2n) is 6.80. The van der Waals surface area contributed by atoms with E-state index in [-0.39, 0.29) is 0 Å². The Morgan fingerprint density at radius 3 is 2.40 bits per heavy atom. The molecule has 3 rings (SSSR count). The maximum absolute atomic E-state index is 6.05. The van der Waals surface area contributed by atoms with Crippen molar-refractivity contribution in [3.63, 3.8) is 0 Å². The van der Waals surface area contributed by atoms with Crippen molar-refractivity contribution < 1.29 is 14.2 Å². The van der Waals surface area contributed by atoms with Crippen LogP contribution in [-0.4, -0.2) is 20.8 Å². The molecule has 0 aliphatic rings. The standard InChI is InChI=1S/C24H25BrClNO3/c1-28-21-8-6-17(7-9-21)10-11-27-15-19-13-22(25)24(23(14-19)29-2)30-16-18-4-3-5-20(26)12-18/h3-9,12-14,27H,10-11,15-16H2,1-2H3. The number of methoxy groups -OCH3 is 2. The maximum Gasteiger partial charge on any atom is 0.175 e. The Morgan fingerprint density at radius 2 is 1.70 bits per heavy atom. The summed E-state index contributed by atoms with van der Waals surface area (Å²) in [4.78, 5) is 0. The van der Waals surface area contributed by atoms with Crippen molar-refractivity contribution in [1.82, 2.24) is 5.32 Å². The van der Waals surface area contributed by atoms with Crippen molar-refractivity contribution in [1.29, 1.82) is 0 Å². The molecule has 3 aromatic rings. The Kier molecular flexibility index (Phi) is 8.43. The summed E-state index contributed by atoms with van der Waals surface area (Å²) in [6.45, 7) is 2.02. The van der Waals surface area contributed by atoms with Gasteiger partial charge in [0.2, 0.25) is 0 Å². The molecule has 158 valence electrons. The molecule has 0 unspecified atom stereocenters. The fraction of sp³-hybridized carbons (Fsp3) is 0.250. The van der Waals surface area contributed by atoms with Gasteiger partial charge in [0.05, 0.1) is 18.7 Å². The van der Waals surface area contributed by atoms with Crippen LogP contribution in [0.25, 0.3) is 0 Å². The van der Waals surface area contributed by atoms with Gasteiger partial charge < -0.3 is 19.5 Å². The fourth-order valence-corrected chi connectivity index (χ4v) is 3.87. The molecule has 0 aliphatic heterocycles. The molecule has 1 N–H and O–H groups in total. The lowest BCUT2D eigenvalue weighted by molar-refractivity contribution is 0.282. The highest BCUT2D eigenvalue weighted by molar-refractivity contribution is 9.10. The van der Waals surface area contributed by atoms with Crippen LogP contribution in [0.4, 0.5) is 0 Å². The van der Waals surface area contributed by atoms with Crippen molar-refractivity contribution in [2.45, 2.75) is 19.6 Å². The number of nitrogens with one attached hydrogen (secondary N) is 1. The molecule has 3 aromatic carbocycles. The van der Waals surface area contributed by atoms with E-state index in [2.05, 4.69) is 39.4 Å². The van der Waals surface area contributed by atoms with Crippen LogP contribution in [0.2, 0.25) is 5.02 Å². The van der Waals surface area contributed by atoms with Gasteiger partial charge >= 0.3 is 0 Å². The Labute approximate surface area is 191 Å². The van der Waals surface area contributed by atoms with E-state index in [0.717, 1.165) is 40.9 Å². The molecule has 0 atom stereocenters. The maximum atomic E-state index is 6.05. The van der Waals surface area contributed by atoms with Gasteiger partial charge in [-0.1, -0.05) is 35.9 Å². The summed E-state index contributed by atoms with van der Waals surface area (Å²) in [6.07, 6.45) is 0.948. The van der Waals surface area contributed by atoms with Crippen LogP contribution in [0.1, 0.15) is 16.7 Å². The number of hydrogen-bond acceptors (Lipinski definition) is 4. The van der Waals surface area contributed by atoms with Gasteiger partial charge in [0.15, 0.2) is 11.5 Å². The summed E-state index contributed by atoms with van der Waals surface area (Å²) >= 11 is 9.66. The average molecular weight is 491 g/mol. The highest BCUT2D eigenvalue weighted by Gasteiger charge is 2.12. The minimum atomic E-state index is 0.412. The van der Waals surface area contributed by atoms with Gasteiger partial charge in [-0.05, 0) is 82.0 Å². The van der Waals surface area contributed by atoms with Gasteiger partial charge in [0.1, 0.15) is 12.4 Å². The van der Waals surface area contributed by atoms with Crippen LogP contribution >= 0.6 is 27.5 Å². The summed E-state index contributed by atoms with van der Waals surface area (Å²) in [6, 6.07) is 19.8. The second kappa shape index (κ2) is 11.3. The third kappa shape index (κ3) is 6.39. The zero-order chi connectivity index (χ0) is 21.3. The van der Waals surface area contributed by atoms with Gasteiger partial charge in [0, 0.05) is 11.6 Å². The number of benzene rings is 3. The topological polar surface area (TPSA) is 39.7 Å². The predicted molar refractivity (Wildman–Crippen MR) is 125 cm³/mol. The number of halogens is 2. The third-order valence-electron chi connectivity index (χ3n) is 4.64. The van der Waals surface area contributed by atoms with E-state index in [1.165, 1.54) is 5.56 Å². The number of ether oxygens (including phenoxy) is 3. The largest absolute Gasteiger partial charge is 0.497 e. The molecule has 0 saturated heterocycles. The average Bonchev–Trinajstić information content (AvgIpc) is 2.76. The molecule has 6 heteroatoms. The lowest BCUT2D eigenvalue weighted by Crippen LogP contribution is -2.16. The van der Waals surface area contributed by atoms with E-state index in [1.807, 2.05) is 42.5 Å². The lowest BCUT2D eigenvalue weighted by Gasteiger charge is -2.15. The number of rotatable bonds is 10. The van der Waals surface area contributed by atoms with E-state index >= 15 is 0 Å². The lowest BCUT2D eigenvalue weighted by atomic mass is 10.1. The summed E-state index contributed by atoms with van der Waals surface area (Å²) in [7, 11) is 3.32. The zero-order valence-corrected chi connectivity index (χ0v) is 19.4. The monoisotopic (exact) mass is 489 g/mol. The van der Waals surface area contributed by atoms with Gasteiger partial charge in [-0.25, -0.2) is 0 Å². The van der Waals surface area contributed by atoms with Crippen LogP contribution in [0.5, 0.6) is 17.2 Å². The molecule has 0 bridgehead atoms. The first-order valence-corrected chi connectivity index (χ1v) is 10.8. The highest BCUT2D eigenvalue weighted by atomic mass is 79.9. The molecule has 0 fully saturated rings. The van der Waals surface area contributed by atoms with Gasteiger partial charge in [-0.3, -0.25) is 0 Å². The van der Waals surface area contributed by atoms with E-state index in [4.69, 9.17) is 25.8 Å². The van der Waals surface area contributed by atoms with Crippen molar-refractivity contribution in [3.8, 4) is 17.2 Å². The minimum Gasteiger partial charge on any atom is -0.497 e. The highest BCUT2D eigenvalue weighted by Crippen LogP contribution is 2.37. The smallest absolute Gasteiger partial charge is 0.175 e. The van der Waals surface area contributed by atoms with Crippen LogP contribution < -0.4 is 19.5 Å². The molecule has 30 heavy (non-hydrogen) atoms. The van der Waals surface area contributed by atoms with Gasteiger partial charge in [0.25, 0.3) is 0 Å². The Balaban J connectivity index is 1.56. The van der Waals surface area contributed by atoms with Crippen molar-refractivity contribution >= 4 is 27.5 Å². The molecule has 0 aliphatic carbocycles. The van der Waals surface area contributed by atoms with Crippen molar-refractivity contribution in [3.05, 3.63) is 86.8 Å². The predicted octanol–water partition coefficient (Wildman–Crippen LogP) is 6.03.